The number of rotatable bonds is 6. The normalized spacial score (nSPS) is 11.0. The molecule has 3 aromatic rings. The second-order valence-corrected chi connectivity index (χ2v) is 7.36. The van der Waals surface area contributed by atoms with Crippen molar-refractivity contribution in [2.45, 2.75) is 25.5 Å². The largest absolute Gasteiger partial charge is 0.465 e. The zero-order chi connectivity index (χ0) is 17.8. The predicted octanol–water partition coefficient (Wildman–Crippen LogP) is 3.47. The van der Waals surface area contributed by atoms with Crippen LogP contribution in [0.4, 0.5) is 0 Å². The van der Waals surface area contributed by atoms with Gasteiger partial charge in [-0.1, -0.05) is 41.6 Å². The van der Waals surface area contributed by atoms with Crippen LogP contribution in [0.25, 0.3) is 10.2 Å². The molecule has 0 unspecified atom stereocenters. The van der Waals surface area contributed by atoms with Crippen molar-refractivity contribution in [3.63, 3.8) is 0 Å². The van der Waals surface area contributed by atoms with E-state index < -0.39 is 0 Å². The molecule has 130 valence electrons. The van der Waals surface area contributed by atoms with Gasteiger partial charge in [0.05, 0.1) is 24.4 Å². The number of nitrogens with zero attached hydrogens (tertiary/aromatic N) is 2. The minimum Gasteiger partial charge on any atom is -0.465 e. The Balaban J connectivity index is 1.96. The maximum Gasteiger partial charge on any atom is 0.316 e. The van der Waals surface area contributed by atoms with Gasteiger partial charge >= 0.3 is 5.97 Å². The van der Waals surface area contributed by atoms with Crippen molar-refractivity contribution in [1.82, 2.24) is 9.55 Å². The highest BCUT2D eigenvalue weighted by Gasteiger charge is 2.15. The van der Waals surface area contributed by atoms with Gasteiger partial charge in [-0.15, -0.1) is 11.3 Å². The number of carbonyl (C=O) groups is 1. The number of carbonyl (C=O) groups excluding carboxylic acids is 1. The number of thiophene rings is 1. The summed E-state index contributed by atoms with van der Waals surface area (Å²) in [6.07, 6.45) is 0. The van der Waals surface area contributed by atoms with Gasteiger partial charge in [0.15, 0.2) is 5.16 Å². The van der Waals surface area contributed by atoms with Gasteiger partial charge in [-0.05, 0) is 30.9 Å². The number of aromatic nitrogens is 2. The summed E-state index contributed by atoms with van der Waals surface area (Å²) < 4.78 is 7.23. The Hall–Kier alpha value is -2.12. The van der Waals surface area contributed by atoms with E-state index in [0.717, 1.165) is 5.56 Å². The van der Waals surface area contributed by atoms with Crippen LogP contribution in [0.1, 0.15) is 18.1 Å². The molecular formula is C18H18N2O3S2. The van der Waals surface area contributed by atoms with Gasteiger partial charge in [-0.25, -0.2) is 4.98 Å². The fraction of sp³-hybridized carbons (Fsp3) is 0.278. The van der Waals surface area contributed by atoms with Crippen molar-refractivity contribution < 1.29 is 9.53 Å². The highest BCUT2D eigenvalue weighted by Crippen LogP contribution is 2.22. The average Bonchev–Trinajstić information content (AvgIpc) is 3.06. The molecule has 0 atom stereocenters. The third kappa shape index (κ3) is 4.11. The molecule has 0 spiro atoms. The molecule has 5 nitrogen and oxygen atoms in total. The lowest BCUT2D eigenvalue weighted by Crippen LogP contribution is -2.23. The zero-order valence-electron chi connectivity index (χ0n) is 14.0. The Labute approximate surface area is 153 Å². The van der Waals surface area contributed by atoms with E-state index in [1.807, 2.05) is 42.6 Å². The van der Waals surface area contributed by atoms with Crippen molar-refractivity contribution in [2.75, 3.05) is 12.4 Å². The molecule has 0 aliphatic rings. The maximum absolute atomic E-state index is 12.9. The van der Waals surface area contributed by atoms with Crippen LogP contribution in [0.3, 0.4) is 0 Å². The van der Waals surface area contributed by atoms with Gasteiger partial charge in [-0.2, -0.15) is 0 Å². The van der Waals surface area contributed by atoms with Crippen LogP contribution in [0.2, 0.25) is 0 Å². The Morgan fingerprint density at radius 2 is 2.04 bits per heavy atom. The summed E-state index contributed by atoms with van der Waals surface area (Å²) in [5.74, 6) is -0.182. The first-order chi connectivity index (χ1) is 12.1. The molecule has 2 heterocycles. The summed E-state index contributed by atoms with van der Waals surface area (Å²) in [5, 5.41) is 2.39. The maximum atomic E-state index is 12.9. The van der Waals surface area contributed by atoms with Crippen molar-refractivity contribution in [3.8, 4) is 0 Å². The lowest BCUT2D eigenvalue weighted by molar-refractivity contribution is -0.139. The van der Waals surface area contributed by atoms with Gasteiger partial charge in [-0.3, -0.25) is 14.2 Å². The molecule has 0 amide bonds. The first-order valence-corrected chi connectivity index (χ1v) is 9.77. The average molecular weight is 374 g/mol. The molecule has 0 saturated carbocycles. The molecule has 0 N–H and O–H groups in total. The second-order valence-electron chi connectivity index (χ2n) is 5.50. The number of ether oxygens (including phenoxy) is 1. The first kappa shape index (κ1) is 17.7. The van der Waals surface area contributed by atoms with Crippen molar-refractivity contribution in [1.29, 1.82) is 0 Å². The number of aryl methyl sites for hydroxylation is 1. The van der Waals surface area contributed by atoms with Crippen LogP contribution in [-0.4, -0.2) is 27.9 Å². The number of esters is 1. The molecule has 0 saturated heterocycles. The molecular weight excluding hydrogens is 356 g/mol. The van der Waals surface area contributed by atoms with Gasteiger partial charge in [0, 0.05) is 0 Å². The monoisotopic (exact) mass is 374 g/mol. The molecule has 3 rings (SSSR count). The molecule has 7 heteroatoms. The van der Waals surface area contributed by atoms with Gasteiger partial charge < -0.3 is 4.74 Å². The van der Waals surface area contributed by atoms with Gasteiger partial charge in [0.25, 0.3) is 5.56 Å². The minimum atomic E-state index is -0.311. The lowest BCUT2D eigenvalue weighted by atomic mass is 10.1. The first-order valence-electron chi connectivity index (χ1n) is 7.90. The Kier molecular flexibility index (Phi) is 5.55. The summed E-state index contributed by atoms with van der Waals surface area (Å²) in [6, 6.07) is 9.86. The number of hydrogen-bond acceptors (Lipinski definition) is 6. The van der Waals surface area contributed by atoms with Crippen LogP contribution in [0.15, 0.2) is 45.7 Å². The molecule has 2 aromatic heterocycles. The number of fused-ring (bicyclic) bond motifs is 1. The smallest absolute Gasteiger partial charge is 0.316 e. The summed E-state index contributed by atoms with van der Waals surface area (Å²) in [5.41, 5.74) is 2.77. The van der Waals surface area contributed by atoms with E-state index in [2.05, 4.69) is 4.98 Å². The summed E-state index contributed by atoms with van der Waals surface area (Å²) in [4.78, 5) is 29.1. The van der Waals surface area contributed by atoms with E-state index in [9.17, 15) is 9.59 Å². The Bertz CT molecular complexity index is 945. The van der Waals surface area contributed by atoms with Crippen LogP contribution in [-0.2, 0) is 16.1 Å². The highest BCUT2D eigenvalue weighted by atomic mass is 32.2. The zero-order valence-corrected chi connectivity index (χ0v) is 15.7. The van der Waals surface area contributed by atoms with Crippen LogP contribution in [0, 0.1) is 6.92 Å². The quantitative estimate of drug-likeness (QED) is 0.376. The minimum absolute atomic E-state index is 0.0769. The van der Waals surface area contributed by atoms with E-state index in [4.69, 9.17) is 4.74 Å². The molecule has 1 aromatic carbocycles. The third-order valence-electron chi connectivity index (χ3n) is 3.62. The highest BCUT2D eigenvalue weighted by molar-refractivity contribution is 7.99. The lowest BCUT2D eigenvalue weighted by Gasteiger charge is -2.12. The molecule has 0 fully saturated rings. The van der Waals surface area contributed by atoms with Crippen molar-refractivity contribution in [2.24, 2.45) is 0 Å². The predicted molar refractivity (Wildman–Crippen MR) is 102 cm³/mol. The SMILES string of the molecule is CCOC(=O)CSc1nc2ccsc2c(=O)n1Cc1ccc(C)cc1. The van der Waals surface area contributed by atoms with E-state index in [1.54, 1.807) is 11.5 Å². The molecule has 25 heavy (non-hydrogen) atoms. The van der Waals surface area contributed by atoms with Crippen LogP contribution >= 0.6 is 23.1 Å². The summed E-state index contributed by atoms with van der Waals surface area (Å²) in [7, 11) is 0. The third-order valence-corrected chi connectivity index (χ3v) is 5.46. The van der Waals surface area contributed by atoms with E-state index in [-0.39, 0.29) is 17.3 Å². The van der Waals surface area contributed by atoms with E-state index in [1.165, 1.54) is 28.7 Å². The fourth-order valence-corrected chi connectivity index (χ4v) is 3.95. The standard InChI is InChI=1S/C18H18N2O3S2/c1-3-23-15(21)11-25-18-19-14-8-9-24-16(14)17(22)20(18)10-13-6-4-12(2)5-7-13/h4-9H,3,10-11H2,1-2H3. The van der Waals surface area contributed by atoms with E-state index >= 15 is 0 Å². The molecule has 0 aliphatic carbocycles. The van der Waals surface area contributed by atoms with Crippen LogP contribution < -0.4 is 5.56 Å². The van der Waals surface area contributed by atoms with Gasteiger partial charge in [0.2, 0.25) is 0 Å². The Morgan fingerprint density at radius 3 is 2.76 bits per heavy atom. The molecule has 0 radical (unpaired) electrons. The van der Waals surface area contributed by atoms with Crippen LogP contribution in [0.5, 0.6) is 0 Å². The number of hydrogen-bond donors (Lipinski definition) is 0. The number of benzene rings is 1. The number of thioether (sulfide) groups is 1. The summed E-state index contributed by atoms with van der Waals surface area (Å²) >= 11 is 2.62. The fourth-order valence-electron chi connectivity index (χ4n) is 2.38. The molecule has 0 aliphatic heterocycles. The Morgan fingerprint density at radius 1 is 1.28 bits per heavy atom. The van der Waals surface area contributed by atoms with E-state index in [0.29, 0.717) is 28.5 Å². The van der Waals surface area contributed by atoms with Crippen molar-refractivity contribution in [3.05, 3.63) is 57.2 Å². The van der Waals surface area contributed by atoms with Gasteiger partial charge in [0.1, 0.15) is 4.70 Å². The molecule has 0 bridgehead atoms. The topological polar surface area (TPSA) is 61.2 Å². The van der Waals surface area contributed by atoms with Crippen molar-refractivity contribution >= 4 is 39.3 Å². The summed E-state index contributed by atoms with van der Waals surface area (Å²) in [6.45, 7) is 4.55. The second kappa shape index (κ2) is 7.84.